The monoisotopic (exact) mass is 374 g/mol. The van der Waals surface area contributed by atoms with Crippen LogP contribution >= 0.6 is 0 Å². The highest BCUT2D eigenvalue weighted by molar-refractivity contribution is 5.92. The van der Waals surface area contributed by atoms with Crippen LogP contribution in [-0.2, 0) is 4.79 Å². The van der Waals surface area contributed by atoms with Crippen LogP contribution in [-0.4, -0.2) is 47.8 Å². The fraction of sp³-hybridized carbons (Fsp3) is 0.217. The van der Waals surface area contributed by atoms with E-state index in [1.54, 1.807) is 6.08 Å². The van der Waals surface area contributed by atoms with E-state index in [9.17, 15) is 4.79 Å². The average Bonchev–Trinajstić information content (AvgIpc) is 3.15. The molecule has 0 bridgehead atoms. The minimum absolute atomic E-state index is 0.0924. The summed E-state index contributed by atoms with van der Waals surface area (Å²) in [6, 6.07) is 20.0. The Hall–Kier alpha value is -3.18. The Morgan fingerprint density at radius 1 is 1.07 bits per heavy atom. The van der Waals surface area contributed by atoms with Crippen LogP contribution in [0.5, 0.6) is 0 Å². The zero-order valence-corrected chi connectivity index (χ0v) is 16.4. The Bertz CT molecular complexity index is 914. The van der Waals surface area contributed by atoms with Crippen LogP contribution in [0.25, 0.3) is 23.0 Å². The number of hydrogen-bond donors (Lipinski definition) is 1. The van der Waals surface area contributed by atoms with E-state index >= 15 is 0 Å². The van der Waals surface area contributed by atoms with Gasteiger partial charge in [0.15, 0.2) is 0 Å². The molecule has 144 valence electrons. The molecule has 5 nitrogen and oxygen atoms in total. The second kappa shape index (κ2) is 9.67. The van der Waals surface area contributed by atoms with Crippen LogP contribution in [0.15, 0.2) is 72.9 Å². The molecule has 2 aromatic carbocycles. The Labute approximate surface area is 166 Å². The molecule has 0 unspecified atom stereocenters. The van der Waals surface area contributed by atoms with E-state index < -0.39 is 0 Å². The number of rotatable bonds is 8. The fourth-order valence-electron chi connectivity index (χ4n) is 2.87. The highest BCUT2D eigenvalue weighted by Gasteiger charge is 2.10. The topological polar surface area (TPSA) is 50.2 Å². The van der Waals surface area contributed by atoms with Crippen molar-refractivity contribution in [2.75, 3.05) is 27.2 Å². The molecule has 0 saturated heterocycles. The first-order chi connectivity index (χ1) is 13.6. The summed E-state index contributed by atoms with van der Waals surface area (Å²) in [5.74, 6) is -0.0924. The third-order valence-electron chi connectivity index (χ3n) is 4.31. The van der Waals surface area contributed by atoms with Crippen LogP contribution < -0.4 is 5.32 Å². The molecule has 0 fully saturated rings. The number of hydrogen-bond acceptors (Lipinski definition) is 3. The average molecular weight is 374 g/mol. The molecule has 0 atom stereocenters. The van der Waals surface area contributed by atoms with Gasteiger partial charge < -0.3 is 10.2 Å². The number of nitrogens with one attached hydrogen (secondary N) is 1. The standard InChI is InChI=1S/C23H26N4O/c1-26(2)17-9-16-24-22(28)15-14-20-18-27(21-12-7-4-8-13-21)25-23(20)19-10-5-3-6-11-19/h3-8,10-15,18H,9,16-17H2,1-2H3,(H,24,28)/b15-14+. The molecule has 5 heteroatoms. The van der Waals surface area contributed by atoms with Crippen molar-refractivity contribution in [1.82, 2.24) is 20.0 Å². The molecule has 0 spiro atoms. The van der Waals surface area contributed by atoms with Crippen molar-refractivity contribution in [3.05, 3.63) is 78.5 Å². The number of benzene rings is 2. The molecule has 1 amide bonds. The summed E-state index contributed by atoms with van der Waals surface area (Å²) in [6.45, 7) is 1.61. The Morgan fingerprint density at radius 3 is 2.43 bits per heavy atom. The number of aromatic nitrogens is 2. The number of carbonyl (C=O) groups is 1. The fourth-order valence-corrected chi connectivity index (χ4v) is 2.87. The zero-order chi connectivity index (χ0) is 19.8. The predicted molar refractivity (Wildman–Crippen MR) is 114 cm³/mol. The quantitative estimate of drug-likeness (QED) is 0.484. The van der Waals surface area contributed by atoms with Gasteiger partial charge in [0.25, 0.3) is 0 Å². The SMILES string of the molecule is CN(C)CCCNC(=O)/C=C/c1cn(-c2ccccc2)nc1-c1ccccc1. The molecular weight excluding hydrogens is 348 g/mol. The minimum Gasteiger partial charge on any atom is -0.353 e. The normalized spacial score (nSPS) is 11.2. The van der Waals surface area contributed by atoms with Crippen molar-refractivity contribution in [1.29, 1.82) is 0 Å². The molecular formula is C23H26N4O. The van der Waals surface area contributed by atoms with Gasteiger partial charge in [-0.15, -0.1) is 0 Å². The summed E-state index contributed by atoms with van der Waals surface area (Å²) in [5.41, 5.74) is 3.75. The second-order valence-corrected chi connectivity index (χ2v) is 6.86. The van der Waals surface area contributed by atoms with E-state index in [0.29, 0.717) is 6.54 Å². The number of carbonyl (C=O) groups excluding carboxylic acids is 1. The molecule has 3 rings (SSSR count). The molecule has 0 aliphatic heterocycles. The number of para-hydroxylation sites is 1. The van der Waals surface area contributed by atoms with Gasteiger partial charge in [0, 0.05) is 29.9 Å². The maximum Gasteiger partial charge on any atom is 0.244 e. The molecule has 3 aromatic rings. The lowest BCUT2D eigenvalue weighted by atomic mass is 10.1. The molecule has 1 N–H and O–H groups in total. The lowest BCUT2D eigenvalue weighted by Crippen LogP contribution is -2.25. The minimum atomic E-state index is -0.0924. The third kappa shape index (κ3) is 5.41. The first-order valence-corrected chi connectivity index (χ1v) is 9.44. The van der Waals surface area contributed by atoms with Gasteiger partial charge in [0.2, 0.25) is 5.91 Å². The number of amides is 1. The van der Waals surface area contributed by atoms with Crippen molar-refractivity contribution < 1.29 is 4.79 Å². The van der Waals surface area contributed by atoms with Crippen molar-refractivity contribution in [3.63, 3.8) is 0 Å². The Morgan fingerprint density at radius 2 is 1.75 bits per heavy atom. The summed E-state index contributed by atoms with van der Waals surface area (Å²) < 4.78 is 1.84. The Balaban J connectivity index is 1.79. The summed E-state index contributed by atoms with van der Waals surface area (Å²) >= 11 is 0. The van der Waals surface area contributed by atoms with Crippen LogP contribution in [0, 0.1) is 0 Å². The van der Waals surface area contributed by atoms with Gasteiger partial charge in [-0.2, -0.15) is 5.10 Å². The van der Waals surface area contributed by atoms with Crippen LogP contribution in [0.1, 0.15) is 12.0 Å². The first kappa shape index (κ1) is 19.6. The maximum atomic E-state index is 12.1. The first-order valence-electron chi connectivity index (χ1n) is 9.44. The van der Waals surface area contributed by atoms with E-state index in [-0.39, 0.29) is 5.91 Å². The van der Waals surface area contributed by atoms with E-state index in [0.717, 1.165) is 35.5 Å². The lowest BCUT2D eigenvalue weighted by Gasteiger charge is -2.08. The van der Waals surface area contributed by atoms with E-state index in [2.05, 4.69) is 10.2 Å². The molecule has 0 radical (unpaired) electrons. The van der Waals surface area contributed by atoms with Crippen molar-refractivity contribution in [3.8, 4) is 16.9 Å². The molecule has 0 aliphatic carbocycles. The van der Waals surface area contributed by atoms with Crippen LogP contribution in [0.3, 0.4) is 0 Å². The van der Waals surface area contributed by atoms with E-state index in [4.69, 9.17) is 5.10 Å². The molecule has 28 heavy (non-hydrogen) atoms. The maximum absolute atomic E-state index is 12.1. The van der Waals surface area contributed by atoms with Gasteiger partial charge in [-0.1, -0.05) is 48.5 Å². The molecule has 1 heterocycles. The summed E-state index contributed by atoms with van der Waals surface area (Å²) in [7, 11) is 4.05. The van der Waals surface area contributed by atoms with Gasteiger partial charge in [-0.25, -0.2) is 4.68 Å². The van der Waals surface area contributed by atoms with Gasteiger partial charge >= 0.3 is 0 Å². The lowest BCUT2D eigenvalue weighted by molar-refractivity contribution is -0.116. The largest absolute Gasteiger partial charge is 0.353 e. The van der Waals surface area contributed by atoms with Gasteiger partial charge in [-0.3, -0.25) is 4.79 Å². The van der Waals surface area contributed by atoms with Crippen LogP contribution in [0.2, 0.25) is 0 Å². The van der Waals surface area contributed by atoms with E-state index in [1.807, 2.05) is 91.7 Å². The van der Waals surface area contributed by atoms with Crippen molar-refractivity contribution in [2.24, 2.45) is 0 Å². The Kier molecular flexibility index (Phi) is 6.76. The smallest absolute Gasteiger partial charge is 0.244 e. The van der Waals surface area contributed by atoms with Gasteiger partial charge in [0.05, 0.1) is 11.4 Å². The van der Waals surface area contributed by atoms with Crippen molar-refractivity contribution in [2.45, 2.75) is 6.42 Å². The zero-order valence-electron chi connectivity index (χ0n) is 16.4. The highest BCUT2D eigenvalue weighted by atomic mass is 16.1. The molecule has 0 saturated carbocycles. The van der Waals surface area contributed by atoms with Gasteiger partial charge in [-0.05, 0) is 45.3 Å². The summed E-state index contributed by atoms with van der Waals surface area (Å²) in [6.07, 6.45) is 6.28. The third-order valence-corrected chi connectivity index (χ3v) is 4.31. The highest BCUT2D eigenvalue weighted by Crippen LogP contribution is 2.24. The summed E-state index contributed by atoms with van der Waals surface area (Å²) in [5, 5.41) is 7.68. The predicted octanol–water partition coefficient (Wildman–Crippen LogP) is 3.62. The van der Waals surface area contributed by atoms with E-state index in [1.165, 1.54) is 0 Å². The molecule has 1 aromatic heterocycles. The molecule has 0 aliphatic rings. The van der Waals surface area contributed by atoms with Crippen molar-refractivity contribution >= 4 is 12.0 Å². The summed E-state index contributed by atoms with van der Waals surface area (Å²) in [4.78, 5) is 14.3. The van der Waals surface area contributed by atoms with Gasteiger partial charge in [0.1, 0.15) is 0 Å². The van der Waals surface area contributed by atoms with Crippen LogP contribution in [0.4, 0.5) is 0 Å². The number of nitrogens with zero attached hydrogens (tertiary/aromatic N) is 3. The second-order valence-electron chi connectivity index (χ2n) is 6.86.